The first-order valence-corrected chi connectivity index (χ1v) is 10.8. The zero-order valence-corrected chi connectivity index (χ0v) is 17.6. The minimum absolute atomic E-state index is 0.0737. The lowest BCUT2D eigenvalue weighted by Crippen LogP contribution is -2.45. The number of thiophene rings is 1. The van der Waals surface area contributed by atoms with E-state index in [0.29, 0.717) is 0 Å². The quantitative estimate of drug-likeness (QED) is 0.561. The largest absolute Gasteiger partial charge is 0.371 e. The lowest BCUT2D eigenvalue weighted by Gasteiger charge is -2.37. The number of aryl methyl sites for hydroxylation is 1. The van der Waals surface area contributed by atoms with Gasteiger partial charge in [-0.15, -0.1) is 11.3 Å². The summed E-state index contributed by atoms with van der Waals surface area (Å²) in [5.74, 6) is -0.177. The summed E-state index contributed by atoms with van der Waals surface area (Å²) in [6.07, 6.45) is 1.93. The Kier molecular flexibility index (Phi) is 5.67. The normalized spacial score (nSPS) is 14.8. The second-order valence-electron chi connectivity index (χ2n) is 7.56. The topological polar surface area (TPSA) is 23.6 Å². The molecule has 0 unspecified atom stereocenters. The number of rotatable bonds is 4. The SMILES string of the molecule is Cc1sc(C(=O)N(C)C2CCN(c3ccccc3)CC2)cc1-c1ccc(F)cc1. The van der Waals surface area contributed by atoms with Crippen molar-refractivity contribution >= 4 is 22.9 Å². The number of halogens is 1. The van der Waals surface area contributed by atoms with Crippen molar-refractivity contribution < 1.29 is 9.18 Å². The molecule has 0 aliphatic carbocycles. The minimum atomic E-state index is -0.250. The third-order valence-electron chi connectivity index (χ3n) is 5.74. The number of amides is 1. The summed E-state index contributed by atoms with van der Waals surface area (Å²) in [4.78, 5) is 19.2. The van der Waals surface area contributed by atoms with Crippen LogP contribution in [0.3, 0.4) is 0 Å². The Balaban J connectivity index is 1.43. The molecule has 1 aromatic heterocycles. The van der Waals surface area contributed by atoms with E-state index in [9.17, 15) is 9.18 Å². The van der Waals surface area contributed by atoms with Gasteiger partial charge in [-0.1, -0.05) is 30.3 Å². The fraction of sp³-hybridized carbons (Fsp3) is 0.292. The number of benzene rings is 2. The summed E-state index contributed by atoms with van der Waals surface area (Å²) >= 11 is 1.52. The second-order valence-corrected chi connectivity index (χ2v) is 8.81. The van der Waals surface area contributed by atoms with E-state index >= 15 is 0 Å². The number of carbonyl (C=O) groups excluding carboxylic acids is 1. The maximum atomic E-state index is 13.2. The molecule has 0 bridgehead atoms. The third kappa shape index (κ3) is 4.20. The van der Waals surface area contributed by atoms with Gasteiger partial charge >= 0.3 is 0 Å². The van der Waals surface area contributed by atoms with Gasteiger partial charge < -0.3 is 9.80 Å². The molecule has 1 saturated heterocycles. The Morgan fingerprint density at radius 2 is 1.72 bits per heavy atom. The highest BCUT2D eigenvalue weighted by Crippen LogP contribution is 2.32. The molecule has 1 amide bonds. The predicted molar refractivity (Wildman–Crippen MR) is 118 cm³/mol. The summed E-state index contributed by atoms with van der Waals surface area (Å²) in [6.45, 7) is 3.92. The van der Waals surface area contributed by atoms with Crippen LogP contribution >= 0.6 is 11.3 Å². The molecule has 4 rings (SSSR count). The van der Waals surface area contributed by atoms with Crippen molar-refractivity contribution in [1.29, 1.82) is 0 Å². The standard InChI is InChI=1S/C24H25FN2OS/c1-17-22(18-8-10-19(25)11-9-18)16-23(29-17)24(28)26(2)20-12-14-27(15-13-20)21-6-4-3-5-7-21/h3-11,16,20H,12-15H2,1-2H3. The van der Waals surface area contributed by atoms with E-state index in [4.69, 9.17) is 0 Å². The van der Waals surface area contributed by atoms with Crippen molar-refractivity contribution in [3.05, 3.63) is 76.2 Å². The number of hydrogen-bond donors (Lipinski definition) is 0. The van der Waals surface area contributed by atoms with Crippen molar-refractivity contribution in [3.8, 4) is 11.1 Å². The number of carbonyl (C=O) groups is 1. The highest BCUT2D eigenvalue weighted by Gasteiger charge is 2.27. The van der Waals surface area contributed by atoms with Crippen LogP contribution in [0.25, 0.3) is 11.1 Å². The van der Waals surface area contributed by atoms with Crippen LogP contribution in [0.2, 0.25) is 0 Å². The average Bonchev–Trinajstić information content (AvgIpc) is 3.15. The molecule has 0 saturated carbocycles. The van der Waals surface area contributed by atoms with Crippen molar-refractivity contribution in [2.75, 3.05) is 25.0 Å². The summed E-state index contributed by atoms with van der Waals surface area (Å²) in [6, 6.07) is 19.1. The first-order valence-electron chi connectivity index (χ1n) is 9.96. The molecule has 3 aromatic rings. The molecule has 0 spiro atoms. The van der Waals surface area contributed by atoms with E-state index in [1.807, 2.05) is 31.0 Å². The van der Waals surface area contributed by atoms with Crippen LogP contribution in [-0.2, 0) is 0 Å². The van der Waals surface area contributed by atoms with Crippen molar-refractivity contribution in [2.45, 2.75) is 25.8 Å². The molecule has 2 heterocycles. The number of hydrogen-bond acceptors (Lipinski definition) is 3. The molecule has 3 nitrogen and oxygen atoms in total. The Hall–Kier alpha value is -2.66. The molecule has 1 aliphatic heterocycles. The number of nitrogens with zero attached hydrogens (tertiary/aromatic N) is 2. The van der Waals surface area contributed by atoms with Crippen molar-refractivity contribution in [2.24, 2.45) is 0 Å². The zero-order chi connectivity index (χ0) is 20.4. The lowest BCUT2D eigenvalue weighted by molar-refractivity contribution is 0.0714. The molecular formula is C24H25FN2OS. The zero-order valence-electron chi connectivity index (χ0n) is 16.8. The molecule has 29 heavy (non-hydrogen) atoms. The smallest absolute Gasteiger partial charge is 0.263 e. The highest BCUT2D eigenvalue weighted by molar-refractivity contribution is 7.14. The van der Waals surface area contributed by atoms with Crippen LogP contribution in [0.1, 0.15) is 27.4 Å². The van der Waals surface area contributed by atoms with E-state index in [0.717, 1.165) is 46.8 Å². The number of anilines is 1. The summed E-state index contributed by atoms with van der Waals surface area (Å²) in [7, 11) is 1.91. The van der Waals surface area contributed by atoms with Gasteiger partial charge in [0.15, 0.2) is 0 Å². The van der Waals surface area contributed by atoms with Gasteiger partial charge in [0.05, 0.1) is 4.88 Å². The molecule has 5 heteroatoms. The first kappa shape index (κ1) is 19.6. The van der Waals surface area contributed by atoms with Gasteiger partial charge in [0.25, 0.3) is 5.91 Å². The molecule has 0 radical (unpaired) electrons. The van der Waals surface area contributed by atoms with Crippen LogP contribution in [-0.4, -0.2) is 37.0 Å². The van der Waals surface area contributed by atoms with E-state index in [1.54, 1.807) is 12.1 Å². The van der Waals surface area contributed by atoms with Crippen molar-refractivity contribution in [3.63, 3.8) is 0 Å². The van der Waals surface area contributed by atoms with Crippen LogP contribution in [0.5, 0.6) is 0 Å². The Morgan fingerprint density at radius 3 is 2.38 bits per heavy atom. The molecule has 2 aromatic carbocycles. The van der Waals surface area contributed by atoms with Gasteiger partial charge in [0.2, 0.25) is 0 Å². The minimum Gasteiger partial charge on any atom is -0.371 e. The van der Waals surface area contributed by atoms with E-state index < -0.39 is 0 Å². The molecule has 0 N–H and O–H groups in total. The third-order valence-corrected chi connectivity index (χ3v) is 6.78. The first-order chi connectivity index (χ1) is 14.0. The maximum absolute atomic E-state index is 13.2. The van der Waals surface area contributed by atoms with E-state index in [1.165, 1.54) is 29.2 Å². The molecular weight excluding hydrogens is 383 g/mol. The van der Waals surface area contributed by atoms with Gasteiger partial charge in [-0.25, -0.2) is 4.39 Å². The van der Waals surface area contributed by atoms with Gasteiger partial charge in [-0.05, 0) is 61.2 Å². The van der Waals surface area contributed by atoms with Crippen LogP contribution in [0.15, 0.2) is 60.7 Å². The number of piperidine rings is 1. The van der Waals surface area contributed by atoms with Gasteiger partial charge in [-0.2, -0.15) is 0 Å². The van der Waals surface area contributed by atoms with Crippen LogP contribution in [0.4, 0.5) is 10.1 Å². The van der Waals surface area contributed by atoms with Crippen molar-refractivity contribution in [1.82, 2.24) is 4.90 Å². The summed E-state index contributed by atoms with van der Waals surface area (Å²) in [5, 5.41) is 0. The van der Waals surface area contributed by atoms with Crippen LogP contribution < -0.4 is 4.90 Å². The van der Waals surface area contributed by atoms with Gasteiger partial charge in [-0.3, -0.25) is 4.79 Å². The van der Waals surface area contributed by atoms with Gasteiger partial charge in [0.1, 0.15) is 5.82 Å². The van der Waals surface area contributed by atoms with Crippen LogP contribution in [0, 0.1) is 12.7 Å². The highest BCUT2D eigenvalue weighted by atomic mass is 32.1. The number of para-hydroxylation sites is 1. The molecule has 150 valence electrons. The lowest BCUT2D eigenvalue weighted by atomic mass is 10.0. The van der Waals surface area contributed by atoms with Gasteiger partial charge in [0, 0.05) is 36.7 Å². The van der Waals surface area contributed by atoms with E-state index in [-0.39, 0.29) is 17.8 Å². The van der Waals surface area contributed by atoms with E-state index in [2.05, 4.69) is 29.2 Å². The fourth-order valence-electron chi connectivity index (χ4n) is 3.99. The second kappa shape index (κ2) is 8.37. The molecule has 1 fully saturated rings. The molecule has 1 aliphatic rings. The Labute approximate surface area is 175 Å². The maximum Gasteiger partial charge on any atom is 0.263 e. The average molecular weight is 409 g/mol. The Morgan fingerprint density at radius 1 is 1.07 bits per heavy atom. The Bertz CT molecular complexity index is 976. The monoisotopic (exact) mass is 408 g/mol. The summed E-state index contributed by atoms with van der Waals surface area (Å²) in [5.41, 5.74) is 3.20. The predicted octanol–water partition coefficient (Wildman–Crippen LogP) is 5.60. The summed E-state index contributed by atoms with van der Waals surface area (Å²) < 4.78 is 13.2. The molecule has 0 atom stereocenters. The fourth-order valence-corrected chi connectivity index (χ4v) is 5.02.